The Morgan fingerprint density at radius 2 is 1.82 bits per heavy atom. The largest absolute Gasteiger partial charge is 0.444 e. The molecule has 1 N–H and O–H groups in total. The molecular formula is C28H43N7O3. The quantitative estimate of drug-likeness (QED) is 0.525. The van der Waals surface area contributed by atoms with Crippen LogP contribution < -0.4 is 5.32 Å². The van der Waals surface area contributed by atoms with Crippen molar-refractivity contribution in [1.29, 1.82) is 0 Å². The number of carbonyl (C=O) groups excluding carboxylic acids is 2. The summed E-state index contributed by atoms with van der Waals surface area (Å²) in [5.74, 6) is 1.44. The molecule has 0 aromatic carbocycles. The number of likely N-dealkylation sites (tertiary alicyclic amines) is 2. The zero-order chi connectivity index (χ0) is 27.4. The van der Waals surface area contributed by atoms with E-state index < -0.39 is 0 Å². The Labute approximate surface area is 226 Å². The molecule has 2 aliphatic heterocycles. The maximum absolute atomic E-state index is 12.8. The first-order valence-corrected chi connectivity index (χ1v) is 13.8. The number of nitrogens with one attached hydrogen (secondary N) is 1. The van der Waals surface area contributed by atoms with Crippen molar-refractivity contribution < 1.29 is 14.3 Å². The minimum atomic E-state index is -0.289. The van der Waals surface area contributed by atoms with Crippen LogP contribution in [0.4, 0.5) is 10.6 Å². The maximum atomic E-state index is 12.8. The smallest absolute Gasteiger partial charge is 0.410 e. The summed E-state index contributed by atoms with van der Waals surface area (Å²) in [6, 6.07) is 0.200. The Hall–Kier alpha value is -3.14. The lowest BCUT2D eigenvalue weighted by Crippen LogP contribution is -2.44. The Morgan fingerprint density at radius 3 is 2.47 bits per heavy atom. The molecule has 2 aromatic heterocycles. The number of carbonyl (C=O) groups is 2. The summed E-state index contributed by atoms with van der Waals surface area (Å²) in [5.41, 5.74) is 3.04. The third-order valence-corrected chi connectivity index (χ3v) is 7.27. The van der Waals surface area contributed by atoms with Gasteiger partial charge in [-0.1, -0.05) is 33.8 Å². The molecule has 208 valence electrons. The van der Waals surface area contributed by atoms with E-state index in [1.165, 1.54) is 5.69 Å². The minimum Gasteiger partial charge on any atom is -0.444 e. The highest BCUT2D eigenvalue weighted by atomic mass is 16.6. The summed E-state index contributed by atoms with van der Waals surface area (Å²) in [4.78, 5) is 40.3. The summed E-state index contributed by atoms with van der Waals surface area (Å²) in [5, 5.41) is 3.62. The molecule has 1 atom stereocenters. The maximum Gasteiger partial charge on any atom is 0.410 e. The fourth-order valence-corrected chi connectivity index (χ4v) is 4.94. The van der Waals surface area contributed by atoms with E-state index in [2.05, 4.69) is 48.6 Å². The average Bonchev–Trinajstić information content (AvgIpc) is 3.51. The standard InChI is InChI=1S/C28H43N7O3/c1-19(2)23-18-35-24(20(3)4)16-29-27(35)26(31-23)30-21-9-13-33(14-10-21)28(37)38-22-11-15-34(17-22)25(36)8-7-12-32(5)6/h7-8,16,18-22H,9-15,17H2,1-6H3,(H,30,31)/b8-7+. The van der Waals surface area contributed by atoms with Gasteiger partial charge in [-0.2, -0.15) is 0 Å². The van der Waals surface area contributed by atoms with Crippen molar-refractivity contribution >= 4 is 23.5 Å². The molecule has 0 spiro atoms. The molecule has 38 heavy (non-hydrogen) atoms. The lowest BCUT2D eigenvalue weighted by atomic mass is 10.1. The lowest BCUT2D eigenvalue weighted by molar-refractivity contribution is -0.125. The number of piperidine rings is 1. The van der Waals surface area contributed by atoms with E-state index in [0.29, 0.717) is 51.0 Å². The molecule has 0 saturated carbocycles. The van der Waals surface area contributed by atoms with Crippen LogP contribution in [0, 0.1) is 0 Å². The van der Waals surface area contributed by atoms with Crippen LogP contribution in [0.3, 0.4) is 0 Å². The number of amides is 2. The van der Waals surface area contributed by atoms with Gasteiger partial charge in [0.05, 0.1) is 12.2 Å². The molecular weight excluding hydrogens is 482 g/mol. The molecule has 2 fully saturated rings. The summed E-state index contributed by atoms with van der Waals surface area (Å²) in [6.45, 7) is 11.6. The van der Waals surface area contributed by atoms with Crippen molar-refractivity contribution in [3.63, 3.8) is 0 Å². The third-order valence-electron chi connectivity index (χ3n) is 7.27. The van der Waals surface area contributed by atoms with Crippen LogP contribution in [-0.4, -0.2) is 100 Å². The molecule has 1 unspecified atom stereocenters. The number of likely N-dealkylation sites (N-methyl/N-ethyl adjacent to an activating group) is 1. The van der Waals surface area contributed by atoms with Gasteiger partial charge in [0.15, 0.2) is 11.5 Å². The first kappa shape index (κ1) is 27.9. The number of nitrogens with zero attached hydrogens (tertiary/aromatic N) is 6. The van der Waals surface area contributed by atoms with Crippen LogP contribution in [0.1, 0.15) is 70.2 Å². The Kier molecular flexibility index (Phi) is 8.91. The van der Waals surface area contributed by atoms with E-state index in [0.717, 1.165) is 30.0 Å². The van der Waals surface area contributed by atoms with Gasteiger partial charge in [0.1, 0.15) is 6.10 Å². The number of aromatic nitrogens is 3. The van der Waals surface area contributed by atoms with Crippen LogP contribution in [0.2, 0.25) is 0 Å². The highest BCUT2D eigenvalue weighted by molar-refractivity contribution is 5.87. The molecule has 10 nitrogen and oxygen atoms in total. The van der Waals surface area contributed by atoms with Gasteiger partial charge in [0.2, 0.25) is 5.91 Å². The monoisotopic (exact) mass is 525 g/mol. The van der Waals surface area contributed by atoms with Crippen molar-refractivity contribution in [3.8, 4) is 0 Å². The second kappa shape index (κ2) is 12.1. The van der Waals surface area contributed by atoms with Crippen molar-refractivity contribution in [3.05, 3.63) is 35.9 Å². The average molecular weight is 526 g/mol. The third kappa shape index (κ3) is 6.64. The van der Waals surface area contributed by atoms with E-state index in [-0.39, 0.29) is 24.1 Å². The predicted molar refractivity (Wildman–Crippen MR) is 149 cm³/mol. The number of ether oxygens (including phenoxy) is 1. The Balaban J connectivity index is 1.30. The number of imidazole rings is 1. The van der Waals surface area contributed by atoms with Gasteiger partial charge in [0.25, 0.3) is 0 Å². The Bertz CT molecular complexity index is 1150. The first-order chi connectivity index (χ1) is 18.1. The second-order valence-corrected chi connectivity index (χ2v) is 11.3. The number of hydrogen-bond donors (Lipinski definition) is 1. The number of hydrogen-bond acceptors (Lipinski definition) is 7. The van der Waals surface area contributed by atoms with E-state index in [4.69, 9.17) is 9.72 Å². The highest BCUT2D eigenvalue weighted by Crippen LogP contribution is 2.26. The minimum absolute atomic E-state index is 0.0282. The van der Waals surface area contributed by atoms with E-state index in [1.54, 1.807) is 15.9 Å². The molecule has 4 rings (SSSR count). The van der Waals surface area contributed by atoms with Crippen molar-refractivity contribution in [2.75, 3.05) is 52.1 Å². The highest BCUT2D eigenvalue weighted by Gasteiger charge is 2.31. The number of anilines is 1. The predicted octanol–water partition coefficient (Wildman–Crippen LogP) is 3.71. The molecule has 10 heteroatoms. The molecule has 0 radical (unpaired) electrons. The van der Waals surface area contributed by atoms with Crippen molar-refractivity contribution in [2.24, 2.45) is 0 Å². The molecule has 2 aliphatic rings. The van der Waals surface area contributed by atoms with Gasteiger partial charge in [-0.3, -0.25) is 9.20 Å². The zero-order valence-corrected chi connectivity index (χ0v) is 23.7. The van der Waals surface area contributed by atoms with Crippen molar-refractivity contribution in [2.45, 2.75) is 70.9 Å². The molecule has 2 aromatic rings. The molecule has 2 amide bonds. The van der Waals surface area contributed by atoms with Gasteiger partial charge >= 0.3 is 6.09 Å². The lowest BCUT2D eigenvalue weighted by Gasteiger charge is -2.32. The number of rotatable bonds is 8. The van der Waals surface area contributed by atoms with Crippen LogP contribution in [-0.2, 0) is 9.53 Å². The molecule has 0 aliphatic carbocycles. The fourth-order valence-electron chi connectivity index (χ4n) is 4.94. The first-order valence-electron chi connectivity index (χ1n) is 13.8. The topological polar surface area (TPSA) is 95.3 Å². The fraction of sp³-hybridized carbons (Fsp3) is 0.643. The summed E-state index contributed by atoms with van der Waals surface area (Å²) in [6.07, 6.45) is 9.24. The van der Waals surface area contributed by atoms with Crippen LogP contribution >= 0.6 is 0 Å². The Morgan fingerprint density at radius 1 is 1.11 bits per heavy atom. The molecule has 2 saturated heterocycles. The summed E-state index contributed by atoms with van der Waals surface area (Å²) in [7, 11) is 3.92. The normalized spacial score (nSPS) is 19.0. The summed E-state index contributed by atoms with van der Waals surface area (Å²) >= 11 is 0. The molecule has 4 heterocycles. The van der Waals surface area contributed by atoms with Crippen LogP contribution in [0.25, 0.3) is 5.65 Å². The second-order valence-electron chi connectivity index (χ2n) is 11.3. The van der Waals surface area contributed by atoms with Gasteiger partial charge < -0.3 is 24.8 Å². The van der Waals surface area contributed by atoms with Gasteiger partial charge in [0, 0.05) is 62.8 Å². The van der Waals surface area contributed by atoms with Crippen LogP contribution in [0.15, 0.2) is 24.5 Å². The van der Waals surface area contributed by atoms with Gasteiger partial charge in [-0.05, 0) is 38.8 Å². The summed E-state index contributed by atoms with van der Waals surface area (Å²) < 4.78 is 7.93. The zero-order valence-electron chi connectivity index (χ0n) is 23.7. The van der Waals surface area contributed by atoms with Crippen LogP contribution in [0.5, 0.6) is 0 Å². The molecule has 0 bridgehead atoms. The van der Waals surface area contributed by atoms with Gasteiger partial charge in [-0.25, -0.2) is 14.8 Å². The van der Waals surface area contributed by atoms with E-state index in [1.807, 2.05) is 31.3 Å². The van der Waals surface area contributed by atoms with Crippen molar-refractivity contribution in [1.82, 2.24) is 29.1 Å². The number of fused-ring (bicyclic) bond motifs is 1. The van der Waals surface area contributed by atoms with E-state index >= 15 is 0 Å². The van der Waals surface area contributed by atoms with Gasteiger partial charge in [-0.15, -0.1) is 0 Å². The van der Waals surface area contributed by atoms with E-state index in [9.17, 15) is 9.59 Å². The SMILES string of the molecule is CC(C)c1cn2c(C(C)C)cnc2c(NC2CCN(C(=O)OC3CCN(C(=O)/C=C/CN(C)C)C3)CC2)n1.